The van der Waals surface area contributed by atoms with Gasteiger partial charge in [-0.15, -0.1) is 11.3 Å². The molecule has 0 aliphatic heterocycles. The molecule has 1 aliphatic carbocycles. The average Bonchev–Trinajstić information content (AvgIpc) is 3.32. The molecule has 2 aromatic heterocycles. The Morgan fingerprint density at radius 2 is 1.77 bits per heavy atom. The Bertz CT molecular complexity index is 1440. The lowest BCUT2D eigenvalue weighted by molar-refractivity contribution is 0.0604. The maximum Gasteiger partial charge on any atom is 0.264 e. The Kier molecular flexibility index (Phi) is 8.14. The van der Waals surface area contributed by atoms with Gasteiger partial charge in [-0.25, -0.2) is 9.97 Å². The second-order valence-corrected chi connectivity index (χ2v) is 11.5. The molecule has 4 aromatic rings. The number of nitrogens with zero attached hydrogens (tertiary/aromatic N) is 4. The van der Waals surface area contributed by atoms with Gasteiger partial charge in [-0.3, -0.25) is 4.79 Å². The molecular formula is C31H37N5O2S. The molecule has 0 saturated heterocycles. The number of benzene rings is 2. The van der Waals surface area contributed by atoms with Gasteiger partial charge in [-0.05, 0) is 74.4 Å². The third-order valence-electron chi connectivity index (χ3n) is 7.84. The summed E-state index contributed by atoms with van der Waals surface area (Å²) < 4.78 is 6.93. The number of carbonyl (C=O) groups excluding carboxylic acids is 1. The SMILES string of the molecule is CNC1CCC(N(Cc2cc(-c3cnc(N(C)C)nc3)ccc2OC)C(=O)c2sc3ccccc3c2C)CC1. The number of nitrogens with one attached hydrogen (secondary N) is 1. The van der Waals surface area contributed by atoms with Gasteiger partial charge < -0.3 is 19.9 Å². The van der Waals surface area contributed by atoms with Crippen LogP contribution < -0.4 is 15.0 Å². The zero-order chi connectivity index (χ0) is 27.5. The predicted molar refractivity (Wildman–Crippen MR) is 160 cm³/mol. The first kappa shape index (κ1) is 27.1. The van der Waals surface area contributed by atoms with E-state index in [1.807, 2.05) is 62.7 Å². The van der Waals surface area contributed by atoms with Crippen LogP contribution in [-0.2, 0) is 6.54 Å². The number of amides is 1. The molecule has 7 nitrogen and oxygen atoms in total. The summed E-state index contributed by atoms with van der Waals surface area (Å²) in [7, 11) is 7.57. The first-order valence-electron chi connectivity index (χ1n) is 13.5. The number of aryl methyl sites for hydroxylation is 1. The minimum absolute atomic E-state index is 0.104. The van der Waals surface area contributed by atoms with Crippen molar-refractivity contribution in [2.45, 2.75) is 51.2 Å². The molecule has 0 radical (unpaired) electrons. The van der Waals surface area contributed by atoms with Crippen LogP contribution in [0.2, 0.25) is 0 Å². The molecule has 1 fully saturated rings. The highest BCUT2D eigenvalue weighted by molar-refractivity contribution is 7.21. The summed E-state index contributed by atoms with van der Waals surface area (Å²) in [6.45, 7) is 2.55. The summed E-state index contributed by atoms with van der Waals surface area (Å²) >= 11 is 1.60. The summed E-state index contributed by atoms with van der Waals surface area (Å²) in [4.78, 5) is 28.1. The molecule has 1 saturated carbocycles. The van der Waals surface area contributed by atoms with E-state index in [1.54, 1.807) is 18.4 Å². The summed E-state index contributed by atoms with van der Waals surface area (Å²) in [6, 6.07) is 15.1. The molecular weight excluding hydrogens is 506 g/mol. The molecule has 0 spiro atoms. The van der Waals surface area contributed by atoms with Crippen LogP contribution in [0.4, 0.5) is 5.95 Å². The van der Waals surface area contributed by atoms with E-state index in [4.69, 9.17) is 4.74 Å². The zero-order valence-electron chi connectivity index (χ0n) is 23.4. The topological polar surface area (TPSA) is 70.6 Å². The first-order valence-corrected chi connectivity index (χ1v) is 14.3. The van der Waals surface area contributed by atoms with Crippen molar-refractivity contribution in [1.29, 1.82) is 0 Å². The van der Waals surface area contributed by atoms with E-state index in [1.165, 1.54) is 0 Å². The molecule has 2 aromatic carbocycles. The number of fused-ring (bicyclic) bond motifs is 1. The molecule has 0 unspecified atom stereocenters. The molecule has 0 bridgehead atoms. The second-order valence-electron chi connectivity index (χ2n) is 10.5. The maximum atomic E-state index is 14.3. The van der Waals surface area contributed by atoms with Crippen LogP contribution in [0, 0.1) is 6.92 Å². The average molecular weight is 544 g/mol. The van der Waals surface area contributed by atoms with Crippen LogP contribution in [0.15, 0.2) is 54.9 Å². The Balaban J connectivity index is 1.51. The summed E-state index contributed by atoms with van der Waals surface area (Å²) in [5.41, 5.74) is 3.97. The van der Waals surface area contributed by atoms with Gasteiger partial charge in [0.15, 0.2) is 0 Å². The van der Waals surface area contributed by atoms with Gasteiger partial charge in [-0.2, -0.15) is 0 Å². The fourth-order valence-corrected chi connectivity index (χ4v) is 6.68. The highest BCUT2D eigenvalue weighted by Gasteiger charge is 2.31. The van der Waals surface area contributed by atoms with Gasteiger partial charge in [0.1, 0.15) is 5.75 Å². The quantitative estimate of drug-likeness (QED) is 0.298. The molecule has 204 valence electrons. The molecule has 1 N–H and O–H groups in total. The number of anilines is 1. The van der Waals surface area contributed by atoms with Crippen LogP contribution in [0.25, 0.3) is 21.2 Å². The lowest BCUT2D eigenvalue weighted by Gasteiger charge is -2.37. The third kappa shape index (κ3) is 5.63. The molecule has 1 aliphatic rings. The number of hydrogen-bond donors (Lipinski definition) is 1. The van der Waals surface area contributed by atoms with Crippen molar-refractivity contribution in [1.82, 2.24) is 20.2 Å². The van der Waals surface area contributed by atoms with Crippen LogP contribution in [0.5, 0.6) is 5.75 Å². The molecule has 8 heteroatoms. The minimum Gasteiger partial charge on any atom is -0.496 e. The van der Waals surface area contributed by atoms with Crippen molar-refractivity contribution in [2.75, 3.05) is 33.2 Å². The van der Waals surface area contributed by atoms with E-state index in [2.05, 4.69) is 45.3 Å². The Hall–Kier alpha value is -3.49. The molecule has 2 heterocycles. The number of methoxy groups -OCH3 is 1. The summed E-state index contributed by atoms with van der Waals surface area (Å²) in [6.07, 6.45) is 7.76. The molecule has 1 amide bonds. The van der Waals surface area contributed by atoms with Crippen LogP contribution >= 0.6 is 11.3 Å². The number of carbonyl (C=O) groups is 1. The van der Waals surface area contributed by atoms with Gasteiger partial charge in [0.25, 0.3) is 5.91 Å². The second kappa shape index (κ2) is 11.7. The number of hydrogen-bond acceptors (Lipinski definition) is 7. The van der Waals surface area contributed by atoms with Gasteiger partial charge >= 0.3 is 0 Å². The summed E-state index contributed by atoms with van der Waals surface area (Å²) in [5, 5.41) is 4.58. The van der Waals surface area contributed by atoms with E-state index in [0.717, 1.165) is 68.6 Å². The van der Waals surface area contributed by atoms with Gasteiger partial charge in [0.2, 0.25) is 5.95 Å². The van der Waals surface area contributed by atoms with Crippen molar-refractivity contribution < 1.29 is 9.53 Å². The first-order chi connectivity index (χ1) is 18.9. The van der Waals surface area contributed by atoms with Crippen molar-refractivity contribution in [2.24, 2.45) is 0 Å². The van der Waals surface area contributed by atoms with E-state index in [9.17, 15) is 4.79 Å². The Labute approximate surface area is 234 Å². The van der Waals surface area contributed by atoms with Crippen molar-refractivity contribution in [3.63, 3.8) is 0 Å². The standard InChI is InChI=1S/C31H37N5O2S/c1-20-26-8-6-7-9-28(26)39-29(20)30(37)36(25-13-11-24(32-2)12-14-25)19-22-16-21(10-15-27(22)38-5)23-17-33-31(34-18-23)35(3)4/h6-10,15-18,24-25,32H,11-14,19H2,1-5H3. The Morgan fingerprint density at radius 3 is 2.41 bits per heavy atom. The minimum atomic E-state index is 0.104. The predicted octanol–water partition coefficient (Wildman–Crippen LogP) is 5.91. The number of thiophene rings is 1. The van der Waals surface area contributed by atoms with Crippen molar-refractivity contribution in [3.8, 4) is 16.9 Å². The van der Waals surface area contributed by atoms with Crippen molar-refractivity contribution >= 4 is 33.3 Å². The van der Waals surface area contributed by atoms with E-state index in [-0.39, 0.29) is 11.9 Å². The molecule has 0 atom stereocenters. The largest absolute Gasteiger partial charge is 0.496 e. The fraction of sp³-hybridized carbons (Fsp3) is 0.387. The number of rotatable bonds is 8. The highest BCUT2D eigenvalue weighted by Crippen LogP contribution is 2.35. The molecule has 39 heavy (non-hydrogen) atoms. The normalized spacial score (nSPS) is 17.3. The lowest BCUT2D eigenvalue weighted by atomic mass is 9.89. The van der Waals surface area contributed by atoms with Crippen LogP contribution in [-0.4, -0.2) is 61.1 Å². The monoisotopic (exact) mass is 543 g/mol. The highest BCUT2D eigenvalue weighted by atomic mass is 32.1. The van der Waals surface area contributed by atoms with E-state index in [0.29, 0.717) is 18.5 Å². The number of aromatic nitrogens is 2. The van der Waals surface area contributed by atoms with Gasteiger partial charge in [-0.1, -0.05) is 24.3 Å². The summed E-state index contributed by atoms with van der Waals surface area (Å²) in [5.74, 6) is 1.55. The van der Waals surface area contributed by atoms with Crippen LogP contribution in [0.3, 0.4) is 0 Å². The van der Waals surface area contributed by atoms with Gasteiger partial charge in [0.05, 0.1) is 12.0 Å². The third-order valence-corrected chi connectivity index (χ3v) is 9.10. The zero-order valence-corrected chi connectivity index (χ0v) is 24.2. The Morgan fingerprint density at radius 1 is 1.05 bits per heavy atom. The van der Waals surface area contributed by atoms with E-state index >= 15 is 0 Å². The number of ether oxygens (including phenoxy) is 1. The van der Waals surface area contributed by atoms with Crippen molar-refractivity contribution in [3.05, 3.63) is 70.9 Å². The molecule has 5 rings (SSSR count). The van der Waals surface area contributed by atoms with Gasteiger partial charge in [0, 0.05) is 60.9 Å². The van der Waals surface area contributed by atoms with E-state index < -0.39 is 0 Å². The maximum absolute atomic E-state index is 14.3. The van der Waals surface area contributed by atoms with Crippen LogP contribution in [0.1, 0.15) is 46.5 Å². The fourth-order valence-electron chi connectivity index (χ4n) is 5.52. The lowest BCUT2D eigenvalue weighted by Crippen LogP contribution is -2.44. The smallest absolute Gasteiger partial charge is 0.264 e.